The van der Waals surface area contributed by atoms with Crippen LogP contribution in [0.3, 0.4) is 0 Å². The smallest absolute Gasteiger partial charge is 0.277 e. The molecule has 0 amide bonds. The zero-order chi connectivity index (χ0) is 14.0. The summed E-state index contributed by atoms with van der Waals surface area (Å²) in [5, 5.41) is 6.98. The van der Waals surface area contributed by atoms with Gasteiger partial charge >= 0.3 is 0 Å². The highest BCUT2D eigenvalue weighted by atomic mass is 32.1. The molecule has 0 aliphatic carbocycles. The minimum atomic E-state index is -0.434. The third-order valence-corrected chi connectivity index (χ3v) is 4.41. The van der Waals surface area contributed by atoms with Crippen molar-refractivity contribution in [2.45, 2.75) is 38.2 Å². The number of thiazole rings is 1. The molecule has 0 saturated carbocycles. The molecule has 20 heavy (non-hydrogen) atoms. The molecule has 0 bridgehead atoms. The van der Waals surface area contributed by atoms with Crippen LogP contribution in [0.15, 0.2) is 9.90 Å². The van der Waals surface area contributed by atoms with Gasteiger partial charge in [0.25, 0.3) is 5.89 Å². The maximum absolute atomic E-state index is 5.83. The monoisotopic (exact) mass is 294 g/mol. The lowest BCUT2D eigenvalue weighted by Crippen LogP contribution is -2.31. The van der Waals surface area contributed by atoms with E-state index in [4.69, 9.17) is 15.0 Å². The Hall–Kier alpha value is -1.31. The predicted molar refractivity (Wildman–Crippen MR) is 75.3 cm³/mol. The van der Waals surface area contributed by atoms with Crippen LogP contribution in [-0.4, -0.2) is 28.3 Å². The summed E-state index contributed by atoms with van der Waals surface area (Å²) in [6.07, 6.45) is 3.90. The van der Waals surface area contributed by atoms with Crippen LogP contribution in [0, 0.1) is 0 Å². The molecule has 0 radical (unpaired) electrons. The van der Waals surface area contributed by atoms with Crippen molar-refractivity contribution < 1.29 is 9.26 Å². The second-order valence-electron chi connectivity index (χ2n) is 5.12. The molecule has 1 atom stereocenters. The summed E-state index contributed by atoms with van der Waals surface area (Å²) in [7, 11) is 0. The van der Waals surface area contributed by atoms with Crippen molar-refractivity contribution in [1.82, 2.24) is 15.1 Å². The Morgan fingerprint density at radius 1 is 1.40 bits per heavy atom. The molecule has 2 aromatic heterocycles. The summed E-state index contributed by atoms with van der Waals surface area (Å²) in [5.41, 5.74) is 5.81. The minimum Gasteiger partial charge on any atom is -0.367 e. The Bertz CT molecular complexity index is 574. The molecule has 1 aliphatic rings. The summed E-state index contributed by atoms with van der Waals surface area (Å²) in [6.45, 7) is 3.35. The third kappa shape index (κ3) is 2.61. The van der Waals surface area contributed by atoms with Gasteiger partial charge in [0.1, 0.15) is 11.3 Å². The van der Waals surface area contributed by atoms with Crippen LogP contribution >= 0.6 is 11.3 Å². The van der Waals surface area contributed by atoms with E-state index in [1.807, 2.05) is 12.3 Å². The van der Waals surface area contributed by atoms with Gasteiger partial charge in [-0.2, -0.15) is 4.98 Å². The van der Waals surface area contributed by atoms with Crippen molar-refractivity contribution in [2.24, 2.45) is 5.73 Å². The molecule has 2 aromatic rings. The third-order valence-electron chi connectivity index (χ3n) is 3.50. The zero-order valence-corrected chi connectivity index (χ0v) is 12.3. The second kappa shape index (κ2) is 5.59. The van der Waals surface area contributed by atoms with Gasteiger partial charge in [-0.15, -0.1) is 11.3 Å². The Kier molecular flexibility index (Phi) is 3.82. The van der Waals surface area contributed by atoms with E-state index in [1.165, 1.54) is 0 Å². The lowest BCUT2D eigenvalue weighted by atomic mass is 9.95. The van der Waals surface area contributed by atoms with Crippen LogP contribution < -0.4 is 5.73 Å². The van der Waals surface area contributed by atoms with Crippen molar-refractivity contribution >= 4 is 11.3 Å². The van der Waals surface area contributed by atoms with Gasteiger partial charge in [-0.1, -0.05) is 5.16 Å². The van der Waals surface area contributed by atoms with Crippen molar-refractivity contribution in [3.8, 4) is 11.6 Å². The van der Waals surface area contributed by atoms with E-state index in [-0.39, 0.29) is 0 Å². The number of ether oxygens (including phenoxy) is 1. The molecule has 1 fully saturated rings. The second-order valence-corrected chi connectivity index (χ2v) is 6.07. The molecular weight excluding hydrogens is 276 g/mol. The van der Waals surface area contributed by atoms with E-state index in [9.17, 15) is 0 Å². The summed E-state index contributed by atoms with van der Waals surface area (Å²) in [5.74, 6) is 1.07. The Balaban J connectivity index is 1.81. The Morgan fingerprint density at radius 3 is 3.05 bits per heavy atom. The van der Waals surface area contributed by atoms with Crippen LogP contribution in [0.4, 0.5) is 0 Å². The summed E-state index contributed by atoms with van der Waals surface area (Å²) < 4.78 is 11.2. The van der Waals surface area contributed by atoms with Gasteiger partial charge in [-0.05, 0) is 32.7 Å². The normalized spacial score (nSPS) is 23.1. The average molecular weight is 294 g/mol. The quantitative estimate of drug-likeness (QED) is 0.929. The topological polar surface area (TPSA) is 87.1 Å². The molecule has 0 spiro atoms. The van der Waals surface area contributed by atoms with Crippen LogP contribution in [0.1, 0.15) is 37.0 Å². The molecule has 7 heteroatoms. The first-order valence-electron chi connectivity index (χ1n) is 6.84. The predicted octanol–water partition coefficient (Wildman–Crippen LogP) is 2.11. The number of rotatable bonds is 4. The first-order valence-corrected chi connectivity index (χ1v) is 7.72. The van der Waals surface area contributed by atoms with E-state index in [1.54, 1.807) is 11.3 Å². The van der Waals surface area contributed by atoms with E-state index in [0.29, 0.717) is 18.3 Å². The molecule has 2 N–H and O–H groups in total. The molecule has 0 aromatic carbocycles. The van der Waals surface area contributed by atoms with Gasteiger partial charge in [0.15, 0.2) is 0 Å². The van der Waals surface area contributed by atoms with Crippen LogP contribution in [0.2, 0.25) is 0 Å². The van der Waals surface area contributed by atoms with Crippen molar-refractivity contribution in [1.29, 1.82) is 0 Å². The lowest BCUT2D eigenvalue weighted by molar-refractivity contribution is -0.0770. The summed E-state index contributed by atoms with van der Waals surface area (Å²) >= 11 is 1.56. The van der Waals surface area contributed by atoms with Gasteiger partial charge in [0, 0.05) is 18.4 Å². The van der Waals surface area contributed by atoms with Crippen LogP contribution in [0.5, 0.6) is 0 Å². The summed E-state index contributed by atoms with van der Waals surface area (Å²) in [4.78, 5) is 8.91. The van der Waals surface area contributed by atoms with E-state index < -0.39 is 5.60 Å². The maximum atomic E-state index is 5.83. The fourth-order valence-electron chi connectivity index (χ4n) is 2.30. The largest absolute Gasteiger partial charge is 0.367 e. The highest BCUT2D eigenvalue weighted by molar-refractivity contribution is 7.09. The highest BCUT2D eigenvalue weighted by Gasteiger charge is 2.35. The Labute approximate surface area is 121 Å². The van der Waals surface area contributed by atoms with Gasteiger partial charge in [-0.3, -0.25) is 0 Å². The zero-order valence-electron chi connectivity index (χ0n) is 11.5. The van der Waals surface area contributed by atoms with E-state index >= 15 is 0 Å². The molecule has 1 saturated heterocycles. The maximum Gasteiger partial charge on any atom is 0.277 e. The van der Waals surface area contributed by atoms with Crippen molar-refractivity contribution in [3.63, 3.8) is 0 Å². The van der Waals surface area contributed by atoms with Gasteiger partial charge in [0.05, 0.1) is 5.01 Å². The van der Waals surface area contributed by atoms with E-state index in [0.717, 1.165) is 43.0 Å². The first kappa shape index (κ1) is 13.7. The molecular formula is C13H18N4O2S. The van der Waals surface area contributed by atoms with Crippen molar-refractivity contribution in [3.05, 3.63) is 16.2 Å². The molecule has 108 valence electrons. The average Bonchev–Trinajstić information content (AvgIpc) is 3.08. The van der Waals surface area contributed by atoms with E-state index in [2.05, 4.69) is 15.1 Å². The molecule has 1 unspecified atom stereocenters. The SMILES string of the molecule is CC1(c2noc(-c3csc(CCN)n3)n2)CCCCO1. The minimum absolute atomic E-state index is 0.434. The van der Waals surface area contributed by atoms with Crippen molar-refractivity contribution in [2.75, 3.05) is 13.2 Å². The fourth-order valence-corrected chi connectivity index (χ4v) is 3.09. The van der Waals surface area contributed by atoms with Gasteiger partial charge < -0.3 is 15.0 Å². The molecule has 1 aliphatic heterocycles. The molecule has 6 nitrogen and oxygen atoms in total. The van der Waals surface area contributed by atoms with Crippen LogP contribution in [0.25, 0.3) is 11.6 Å². The molecule has 3 rings (SSSR count). The highest BCUT2D eigenvalue weighted by Crippen LogP contribution is 2.33. The standard InChI is InChI=1S/C13H18N4O2S/c1-13(5-2-3-7-18-13)12-16-11(19-17-12)9-8-20-10(15-9)4-6-14/h8H,2-7,14H2,1H3. The number of nitrogens with zero attached hydrogens (tertiary/aromatic N) is 3. The number of nitrogens with two attached hydrogens (primary N) is 1. The number of hydrogen-bond acceptors (Lipinski definition) is 7. The summed E-state index contributed by atoms with van der Waals surface area (Å²) in [6, 6.07) is 0. The lowest BCUT2D eigenvalue weighted by Gasteiger charge is -2.30. The Morgan fingerprint density at radius 2 is 2.30 bits per heavy atom. The fraction of sp³-hybridized carbons (Fsp3) is 0.615. The number of aromatic nitrogens is 3. The van der Waals surface area contributed by atoms with Gasteiger partial charge in [-0.25, -0.2) is 4.98 Å². The molecule has 3 heterocycles. The number of hydrogen-bond donors (Lipinski definition) is 1. The first-order chi connectivity index (χ1) is 9.71. The van der Waals surface area contributed by atoms with Crippen LogP contribution in [-0.2, 0) is 16.8 Å². The van der Waals surface area contributed by atoms with Gasteiger partial charge in [0.2, 0.25) is 5.82 Å².